The molecule has 0 amide bonds. The van der Waals surface area contributed by atoms with Gasteiger partial charge in [-0.3, -0.25) is 14.4 Å². The molecule has 0 spiro atoms. The molecule has 0 aromatic carbocycles. The number of carbonyl (C=O) groups is 1. The lowest BCUT2D eigenvalue weighted by Crippen LogP contribution is -2.50. The number of likely N-dealkylation sites (tertiary alicyclic amines) is 1. The summed E-state index contributed by atoms with van der Waals surface area (Å²) in [6.07, 6.45) is 4.90. The Labute approximate surface area is 112 Å². The van der Waals surface area contributed by atoms with Gasteiger partial charge in [0.1, 0.15) is 5.54 Å². The second-order valence-electron chi connectivity index (χ2n) is 5.87. The SMILES string of the molecule is Cn1ncc(CN2CC[C@](N)(C(=O)O)C2)c1C1CC1. The Morgan fingerprint density at radius 3 is 2.95 bits per heavy atom. The highest BCUT2D eigenvalue weighted by molar-refractivity contribution is 5.79. The molecule has 0 radical (unpaired) electrons. The number of aliphatic carboxylic acids is 1. The molecule has 1 aromatic rings. The smallest absolute Gasteiger partial charge is 0.325 e. The molecule has 3 rings (SSSR count). The van der Waals surface area contributed by atoms with Crippen molar-refractivity contribution in [2.24, 2.45) is 12.8 Å². The summed E-state index contributed by atoms with van der Waals surface area (Å²) in [6, 6.07) is 0. The van der Waals surface area contributed by atoms with Gasteiger partial charge in [-0.1, -0.05) is 0 Å². The Kier molecular flexibility index (Phi) is 2.87. The van der Waals surface area contributed by atoms with Gasteiger partial charge in [0.2, 0.25) is 0 Å². The van der Waals surface area contributed by atoms with E-state index >= 15 is 0 Å². The van der Waals surface area contributed by atoms with E-state index in [9.17, 15) is 4.79 Å². The van der Waals surface area contributed by atoms with Crippen LogP contribution >= 0.6 is 0 Å². The second kappa shape index (κ2) is 4.31. The van der Waals surface area contributed by atoms with Gasteiger partial charge in [-0.25, -0.2) is 0 Å². The van der Waals surface area contributed by atoms with E-state index < -0.39 is 11.5 Å². The van der Waals surface area contributed by atoms with Crippen molar-refractivity contribution in [1.29, 1.82) is 0 Å². The zero-order valence-electron chi connectivity index (χ0n) is 11.2. The maximum atomic E-state index is 11.1. The van der Waals surface area contributed by atoms with E-state index in [1.807, 2.05) is 17.9 Å². The number of carboxylic acids is 1. The Morgan fingerprint density at radius 1 is 1.63 bits per heavy atom. The van der Waals surface area contributed by atoms with Crippen molar-refractivity contribution in [3.05, 3.63) is 17.5 Å². The van der Waals surface area contributed by atoms with Crippen LogP contribution in [0.2, 0.25) is 0 Å². The van der Waals surface area contributed by atoms with Gasteiger partial charge in [0, 0.05) is 43.9 Å². The molecule has 0 unspecified atom stereocenters. The molecular formula is C13H20N4O2. The van der Waals surface area contributed by atoms with Gasteiger partial charge in [0.15, 0.2) is 0 Å². The van der Waals surface area contributed by atoms with Gasteiger partial charge in [-0.2, -0.15) is 5.10 Å². The third-order valence-corrected chi connectivity index (χ3v) is 4.23. The molecular weight excluding hydrogens is 244 g/mol. The van der Waals surface area contributed by atoms with Gasteiger partial charge < -0.3 is 10.8 Å². The first-order valence-corrected chi connectivity index (χ1v) is 6.75. The highest BCUT2D eigenvalue weighted by Gasteiger charge is 2.41. The third kappa shape index (κ3) is 2.26. The first-order chi connectivity index (χ1) is 8.99. The molecule has 1 saturated heterocycles. The van der Waals surface area contributed by atoms with Crippen LogP contribution in [0.5, 0.6) is 0 Å². The van der Waals surface area contributed by atoms with Crippen LogP contribution in [0.3, 0.4) is 0 Å². The summed E-state index contributed by atoms with van der Waals surface area (Å²) >= 11 is 0. The maximum absolute atomic E-state index is 11.1. The van der Waals surface area contributed by atoms with Crippen LogP contribution in [0.25, 0.3) is 0 Å². The van der Waals surface area contributed by atoms with E-state index in [1.54, 1.807) is 0 Å². The molecule has 2 heterocycles. The average Bonchev–Trinajstić information content (AvgIpc) is 3.02. The fourth-order valence-electron chi connectivity index (χ4n) is 2.96. The lowest BCUT2D eigenvalue weighted by Gasteiger charge is -2.20. The molecule has 19 heavy (non-hydrogen) atoms. The Morgan fingerprint density at radius 2 is 2.37 bits per heavy atom. The Balaban J connectivity index is 1.71. The second-order valence-corrected chi connectivity index (χ2v) is 5.87. The van der Waals surface area contributed by atoms with E-state index in [1.165, 1.54) is 24.1 Å². The van der Waals surface area contributed by atoms with Crippen molar-refractivity contribution in [3.63, 3.8) is 0 Å². The summed E-state index contributed by atoms with van der Waals surface area (Å²) in [4.78, 5) is 13.3. The molecule has 6 heteroatoms. The number of aromatic nitrogens is 2. The number of aryl methyl sites for hydroxylation is 1. The predicted molar refractivity (Wildman–Crippen MR) is 69.6 cm³/mol. The van der Waals surface area contributed by atoms with Crippen molar-refractivity contribution in [3.8, 4) is 0 Å². The molecule has 1 aliphatic carbocycles. The average molecular weight is 264 g/mol. The van der Waals surface area contributed by atoms with Gasteiger partial charge >= 0.3 is 5.97 Å². The van der Waals surface area contributed by atoms with Crippen LogP contribution in [-0.4, -0.2) is 44.4 Å². The summed E-state index contributed by atoms with van der Waals surface area (Å²) in [5.74, 6) is -0.254. The van der Waals surface area contributed by atoms with Crippen molar-refractivity contribution in [2.75, 3.05) is 13.1 Å². The minimum absolute atomic E-state index is 0.418. The van der Waals surface area contributed by atoms with Gasteiger partial charge in [-0.15, -0.1) is 0 Å². The van der Waals surface area contributed by atoms with Crippen molar-refractivity contribution < 1.29 is 9.90 Å². The van der Waals surface area contributed by atoms with Crippen molar-refractivity contribution >= 4 is 5.97 Å². The minimum Gasteiger partial charge on any atom is -0.480 e. The van der Waals surface area contributed by atoms with Crippen LogP contribution < -0.4 is 5.73 Å². The number of carboxylic acid groups (broad SMARTS) is 1. The van der Waals surface area contributed by atoms with Crippen molar-refractivity contribution in [2.45, 2.75) is 37.3 Å². The van der Waals surface area contributed by atoms with Gasteiger partial charge in [0.05, 0.1) is 6.20 Å². The first-order valence-electron chi connectivity index (χ1n) is 6.75. The molecule has 6 nitrogen and oxygen atoms in total. The lowest BCUT2D eigenvalue weighted by molar-refractivity contribution is -0.142. The largest absolute Gasteiger partial charge is 0.480 e. The van der Waals surface area contributed by atoms with Gasteiger partial charge in [0.25, 0.3) is 0 Å². The molecule has 1 saturated carbocycles. The summed E-state index contributed by atoms with van der Waals surface area (Å²) < 4.78 is 1.95. The summed E-state index contributed by atoms with van der Waals surface area (Å²) in [7, 11) is 1.98. The predicted octanol–water partition coefficient (Wildman–Crippen LogP) is 0.285. The number of nitrogens with two attached hydrogens (primary N) is 1. The van der Waals surface area contributed by atoms with Crippen LogP contribution in [0, 0.1) is 0 Å². The normalized spacial score (nSPS) is 27.9. The standard InChI is InChI=1S/C13H20N4O2/c1-16-11(9-2-3-9)10(6-15-16)7-17-5-4-13(14,8-17)12(18)19/h6,9H,2-5,7-8,14H2,1H3,(H,18,19)/t13-/m1/s1. The number of hydrogen-bond donors (Lipinski definition) is 2. The van der Waals surface area contributed by atoms with Crippen LogP contribution in [0.1, 0.15) is 36.4 Å². The minimum atomic E-state index is -1.08. The fraction of sp³-hybridized carbons (Fsp3) is 0.692. The quantitative estimate of drug-likeness (QED) is 0.816. The highest BCUT2D eigenvalue weighted by atomic mass is 16.4. The zero-order valence-corrected chi connectivity index (χ0v) is 11.2. The summed E-state index contributed by atoms with van der Waals surface area (Å²) in [6.45, 7) is 1.91. The zero-order chi connectivity index (χ0) is 13.6. The molecule has 2 aliphatic rings. The number of hydrogen-bond acceptors (Lipinski definition) is 4. The Bertz CT molecular complexity index is 509. The molecule has 3 N–H and O–H groups in total. The molecule has 0 bridgehead atoms. The first kappa shape index (κ1) is 12.6. The van der Waals surface area contributed by atoms with Gasteiger partial charge in [-0.05, 0) is 19.3 Å². The van der Waals surface area contributed by atoms with E-state index in [4.69, 9.17) is 10.8 Å². The van der Waals surface area contributed by atoms with E-state index in [2.05, 4.69) is 10.00 Å². The molecule has 2 fully saturated rings. The molecule has 1 aliphatic heterocycles. The highest BCUT2D eigenvalue weighted by Crippen LogP contribution is 2.41. The van der Waals surface area contributed by atoms with Crippen LogP contribution in [0.4, 0.5) is 0 Å². The topological polar surface area (TPSA) is 84.4 Å². The van der Waals surface area contributed by atoms with E-state index in [-0.39, 0.29) is 0 Å². The third-order valence-electron chi connectivity index (χ3n) is 4.23. The molecule has 1 atom stereocenters. The maximum Gasteiger partial charge on any atom is 0.325 e. The summed E-state index contributed by atoms with van der Waals surface area (Å²) in [5, 5.41) is 13.5. The van der Waals surface area contributed by atoms with Crippen LogP contribution in [0.15, 0.2) is 6.20 Å². The lowest BCUT2D eigenvalue weighted by atomic mass is 10.0. The van der Waals surface area contributed by atoms with E-state index in [0.717, 1.165) is 13.1 Å². The van der Waals surface area contributed by atoms with Crippen molar-refractivity contribution in [1.82, 2.24) is 14.7 Å². The van der Waals surface area contributed by atoms with E-state index in [0.29, 0.717) is 18.9 Å². The Hall–Kier alpha value is -1.40. The summed E-state index contributed by atoms with van der Waals surface area (Å²) in [5.41, 5.74) is 7.35. The molecule has 1 aromatic heterocycles. The number of rotatable bonds is 4. The monoisotopic (exact) mass is 264 g/mol. The molecule has 104 valence electrons. The number of nitrogens with zero attached hydrogens (tertiary/aromatic N) is 3. The van der Waals surface area contributed by atoms with Crippen LogP contribution in [-0.2, 0) is 18.4 Å². The fourth-order valence-corrected chi connectivity index (χ4v) is 2.96.